The van der Waals surface area contributed by atoms with E-state index in [4.69, 9.17) is 9.47 Å². The van der Waals surface area contributed by atoms with E-state index >= 15 is 0 Å². The van der Waals surface area contributed by atoms with E-state index in [1.807, 2.05) is 24.3 Å². The smallest absolute Gasteiger partial charge is 0.119 e. The molecule has 2 heterocycles. The first-order valence-corrected chi connectivity index (χ1v) is 13.2. The zero-order valence-corrected chi connectivity index (χ0v) is 21.5. The third kappa shape index (κ3) is 7.12. The minimum atomic E-state index is 0.731. The molecule has 0 radical (unpaired) electrons. The van der Waals surface area contributed by atoms with Crippen molar-refractivity contribution in [1.82, 2.24) is 20.4 Å². The van der Waals surface area contributed by atoms with E-state index in [1.165, 1.54) is 33.9 Å². The standard InChI is InChI=1S/C28H42N4O2/c1-5-25-23(26(6-2)30-29-25)13-9-11-19-33-21-15-17-22(18-16-21)34-20-12-10-14-24-27(7-3)31-32-28(24)8-4/h15-18H,5-14,19-20H2,1-4H3,(H,29,30)(H,31,32). The van der Waals surface area contributed by atoms with Crippen LogP contribution in [0.3, 0.4) is 0 Å². The average Bonchev–Trinajstić information content (AvgIpc) is 3.47. The third-order valence-electron chi connectivity index (χ3n) is 6.46. The molecule has 2 aromatic heterocycles. The first-order chi connectivity index (χ1) is 16.7. The summed E-state index contributed by atoms with van der Waals surface area (Å²) >= 11 is 0. The predicted octanol–water partition coefficient (Wildman–Crippen LogP) is 6.19. The number of ether oxygens (including phenoxy) is 2. The Balaban J connectivity index is 1.31. The highest BCUT2D eigenvalue weighted by Gasteiger charge is 2.11. The molecular weight excluding hydrogens is 424 g/mol. The molecule has 0 bridgehead atoms. The molecule has 0 aliphatic heterocycles. The van der Waals surface area contributed by atoms with E-state index in [-0.39, 0.29) is 0 Å². The van der Waals surface area contributed by atoms with Crippen LogP contribution < -0.4 is 9.47 Å². The van der Waals surface area contributed by atoms with Gasteiger partial charge in [0.05, 0.1) is 24.6 Å². The molecule has 0 saturated heterocycles. The van der Waals surface area contributed by atoms with Crippen molar-refractivity contribution in [2.24, 2.45) is 0 Å². The zero-order chi connectivity index (χ0) is 24.2. The maximum absolute atomic E-state index is 5.93. The number of aromatic amines is 2. The zero-order valence-electron chi connectivity index (χ0n) is 21.5. The van der Waals surface area contributed by atoms with Crippen molar-refractivity contribution in [2.75, 3.05) is 13.2 Å². The molecule has 0 fully saturated rings. The van der Waals surface area contributed by atoms with Gasteiger partial charge in [0.25, 0.3) is 0 Å². The molecule has 0 amide bonds. The number of unbranched alkanes of at least 4 members (excludes halogenated alkanes) is 2. The molecule has 34 heavy (non-hydrogen) atoms. The fraction of sp³-hybridized carbons (Fsp3) is 0.571. The SMILES string of the molecule is CCc1n[nH]c(CC)c1CCCCOc1ccc(OCCCCc2c(CC)n[nH]c2CC)cc1. The van der Waals surface area contributed by atoms with Crippen molar-refractivity contribution >= 4 is 0 Å². The van der Waals surface area contributed by atoms with E-state index in [9.17, 15) is 0 Å². The molecule has 0 unspecified atom stereocenters. The van der Waals surface area contributed by atoms with E-state index < -0.39 is 0 Å². The van der Waals surface area contributed by atoms with Gasteiger partial charge in [0.1, 0.15) is 11.5 Å². The van der Waals surface area contributed by atoms with Crippen LogP contribution in [-0.4, -0.2) is 33.6 Å². The van der Waals surface area contributed by atoms with Crippen molar-refractivity contribution in [3.63, 3.8) is 0 Å². The quantitative estimate of drug-likeness (QED) is 0.247. The highest BCUT2D eigenvalue weighted by Crippen LogP contribution is 2.20. The summed E-state index contributed by atoms with van der Waals surface area (Å²) in [5, 5.41) is 15.3. The summed E-state index contributed by atoms with van der Waals surface area (Å²) < 4.78 is 11.9. The molecule has 3 aromatic rings. The van der Waals surface area contributed by atoms with Crippen molar-refractivity contribution in [2.45, 2.75) is 91.9 Å². The molecule has 6 heteroatoms. The minimum absolute atomic E-state index is 0.731. The second-order valence-corrected chi connectivity index (χ2v) is 8.75. The molecule has 6 nitrogen and oxygen atoms in total. The number of aromatic nitrogens is 4. The Labute approximate surface area is 204 Å². The van der Waals surface area contributed by atoms with Crippen LogP contribution in [0.2, 0.25) is 0 Å². The summed E-state index contributed by atoms with van der Waals surface area (Å²) in [6, 6.07) is 8.01. The Hall–Kier alpha value is -2.76. The molecule has 0 atom stereocenters. The Morgan fingerprint density at radius 3 is 1.35 bits per heavy atom. The summed E-state index contributed by atoms with van der Waals surface area (Å²) in [6.07, 6.45) is 10.4. The monoisotopic (exact) mass is 466 g/mol. The maximum atomic E-state index is 5.93. The largest absolute Gasteiger partial charge is 0.494 e. The molecule has 0 aliphatic carbocycles. The lowest BCUT2D eigenvalue weighted by Gasteiger charge is -2.09. The molecule has 3 rings (SSSR count). The van der Waals surface area contributed by atoms with Crippen LogP contribution in [0.25, 0.3) is 0 Å². The summed E-state index contributed by atoms with van der Waals surface area (Å²) in [5.74, 6) is 1.80. The van der Waals surface area contributed by atoms with Crippen LogP contribution in [0.1, 0.15) is 87.3 Å². The molecule has 186 valence electrons. The molecule has 0 aliphatic rings. The van der Waals surface area contributed by atoms with Gasteiger partial charge in [0.15, 0.2) is 0 Å². The van der Waals surface area contributed by atoms with Crippen molar-refractivity contribution in [3.8, 4) is 11.5 Å². The molecule has 1 aromatic carbocycles. The van der Waals surface area contributed by atoms with Gasteiger partial charge in [-0.2, -0.15) is 10.2 Å². The summed E-state index contributed by atoms with van der Waals surface area (Å²) in [5.41, 5.74) is 7.82. The summed E-state index contributed by atoms with van der Waals surface area (Å²) in [7, 11) is 0. The Morgan fingerprint density at radius 2 is 1.00 bits per heavy atom. The van der Waals surface area contributed by atoms with Gasteiger partial charge in [-0.1, -0.05) is 27.7 Å². The molecule has 2 N–H and O–H groups in total. The Bertz CT molecular complexity index is 853. The summed E-state index contributed by atoms with van der Waals surface area (Å²) in [6.45, 7) is 10.2. The highest BCUT2D eigenvalue weighted by molar-refractivity contribution is 5.31. The van der Waals surface area contributed by atoms with Crippen LogP contribution in [0.15, 0.2) is 24.3 Å². The fourth-order valence-corrected chi connectivity index (χ4v) is 4.47. The van der Waals surface area contributed by atoms with E-state index in [0.717, 1.165) is 88.9 Å². The van der Waals surface area contributed by atoms with Crippen LogP contribution >= 0.6 is 0 Å². The van der Waals surface area contributed by atoms with Crippen LogP contribution in [0.5, 0.6) is 11.5 Å². The van der Waals surface area contributed by atoms with Gasteiger partial charge in [-0.15, -0.1) is 0 Å². The number of aryl methyl sites for hydroxylation is 4. The summed E-state index contributed by atoms with van der Waals surface area (Å²) in [4.78, 5) is 0. The van der Waals surface area contributed by atoms with Gasteiger partial charge < -0.3 is 9.47 Å². The molecule has 0 spiro atoms. The molecule has 0 saturated carbocycles. The first-order valence-electron chi connectivity index (χ1n) is 13.2. The van der Waals surface area contributed by atoms with Gasteiger partial charge >= 0.3 is 0 Å². The third-order valence-corrected chi connectivity index (χ3v) is 6.46. The lowest BCUT2D eigenvalue weighted by molar-refractivity contribution is 0.298. The Kier molecular flexibility index (Phi) is 10.5. The number of benzene rings is 1. The second-order valence-electron chi connectivity index (χ2n) is 8.75. The van der Waals surface area contributed by atoms with E-state index in [1.54, 1.807) is 0 Å². The lowest BCUT2D eigenvalue weighted by atomic mass is 10.0. The van der Waals surface area contributed by atoms with Crippen molar-refractivity contribution in [3.05, 3.63) is 58.2 Å². The van der Waals surface area contributed by atoms with Gasteiger partial charge in [-0.05, 0) is 99.6 Å². The number of nitrogens with zero attached hydrogens (tertiary/aromatic N) is 2. The van der Waals surface area contributed by atoms with Gasteiger partial charge in [-0.25, -0.2) is 0 Å². The van der Waals surface area contributed by atoms with Crippen LogP contribution in [-0.2, 0) is 38.5 Å². The van der Waals surface area contributed by atoms with Crippen molar-refractivity contribution in [1.29, 1.82) is 0 Å². The Morgan fingerprint density at radius 1 is 0.588 bits per heavy atom. The average molecular weight is 467 g/mol. The van der Waals surface area contributed by atoms with Gasteiger partial charge in [0.2, 0.25) is 0 Å². The number of hydrogen-bond donors (Lipinski definition) is 2. The predicted molar refractivity (Wildman–Crippen MR) is 138 cm³/mol. The van der Waals surface area contributed by atoms with Gasteiger partial charge in [-0.3, -0.25) is 10.2 Å². The number of H-pyrrole nitrogens is 2. The maximum Gasteiger partial charge on any atom is 0.119 e. The minimum Gasteiger partial charge on any atom is -0.494 e. The normalized spacial score (nSPS) is 11.2. The van der Waals surface area contributed by atoms with E-state index in [0.29, 0.717) is 0 Å². The highest BCUT2D eigenvalue weighted by atomic mass is 16.5. The topological polar surface area (TPSA) is 75.8 Å². The lowest BCUT2D eigenvalue weighted by Crippen LogP contribution is -2.01. The van der Waals surface area contributed by atoms with Crippen LogP contribution in [0.4, 0.5) is 0 Å². The molecular formula is C28H42N4O2. The van der Waals surface area contributed by atoms with E-state index in [2.05, 4.69) is 48.1 Å². The number of hydrogen-bond acceptors (Lipinski definition) is 4. The second kappa shape index (κ2) is 13.8. The first kappa shape index (κ1) is 25.9. The number of nitrogens with one attached hydrogen (secondary N) is 2. The van der Waals surface area contributed by atoms with Crippen molar-refractivity contribution < 1.29 is 9.47 Å². The van der Waals surface area contributed by atoms with Gasteiger partial charge in [0, 0.05) is 11.4 Å². The number of rotatable bonds is 16. The van der Waals surface area contributed by atoms with Crippen LogP contribution in [0, 0.1) is 0 Å². The fourth-order valence-electron chi connectivity index (χ4n) is 4.47.